The number of aliphatic imine (C=N–C) groups is 1. The highest BCUT2D eigenvalue weighted by Gasteiger charge is 2.25. The lowest BCUT2D eigenvalue weighted by Crippen LogP contribution is -2.06. The van der Waals surface area contributed by atoms with E-state index in [-0.39, 0.29) is 17.7 Å². The molecule has 0 spiro atoms. The number of nitrogens with zero attached hydrogens (tertiary/aromatic N) is 1. The van der Waals surface area contributed by atoms with Crippen molar-refractivity contribution in [2.24, 2.45) is 4.99 Å². The van der Waals surface area contributed by atoms with Gasteiger partial charge < -0.3 is 18.6 Å². The number of ether oxygens (including phenoxy) is 3. The van der Waals surface area contributed by atoms with Gasteiger partial charge >= 0.3 is 5.97 Å². The van der Waals surface area contributed by atoms with Gasteiger partial charge in [-0.2, -0.15) is 0 Å². The molecule has 1 aromatic heterocycles. The van der Waals surface area contributed by atoms with E-state index in [1.165, 1.54) is 6.26 Å². The highest BCUT2D eigenvalue weighted by Crippen LogP contribution is 2.30. The molecular weight excluding hydrogens is 310 g/mol. The van der Waals surface area contributed by atoms with Crippen molar-refractivity contribution in [3.05, 3.63) is 53.6 Å². The van der Waals surface area contributed by atoms with Crippen LogP contribution < -0.4 is 9.47 Å². The molecule has 0 fully saturated rings. The second-order valence-electron chi connectivity index (χ2n) is 5.39. The first-order valence-corrected chi connectivity index (χ1v) is 7.48. The normalized spacial score (nSPS) is 15.6. The smallest absolute Gasteiger partial charge is 0.363 e. The predicted octanol–water partition coefficient (Wildman–Crippen LogP) is 3.42. The number of esters is 1. The van der Waals surface area contributed by atoms with Gasteiger partial charge in [-0.05, 0) is 49.8 Å². The molecule has 1 aromatic carbocycles. The van der Waals surface area contributed by atoms with Gasteiger partial charge in [0.1, 0.15) is 0 Å². The maximum Gasteiger partial charge on any atom is 0.363 e. The molecule has 3 rings (SSSR count). The Morgan fingerprint density at radius 3 is 2.71 bits per heavy atom. The number of hydrogen-bond donors (Lipinski definition) is 0. The first kappa shape index (κ1) is 15.9. The number of benzene rings is 1. The molecule has 6 nitrogen and oxygen atoms in total. The summed E-state index contributed by atoms with van der Waals surface area (Å²) in [7, 11) is 1.57. The Bertz CT molecular complexity index is 803. The minimum atomic E-state index is -0.525. The summed E-state index contributed by atoms with van der Waals surface area (Å²) in [5, 5.41) is 0. The fourth-order valence-electron chi connectivity index (χ4n) is 2.20. The van der Waals surface area contributed by atoms with Gasteiger partial charge in [-0.1, -0.05) is 6.07 Å². The summed E-state index contributed by atoms with van der Waals surface area (Å²) < 4.78 is 21.3. The maximum absolute atomic E-state index is 11.9. The summed E-state index contributed by atoms with van der Waals surface area (Å²) in [6.07, 6.45) is 3.15. The van der Waals surface area contributed by atoms with Crippen LogP contribution in [-0.4, -0.2) is 25.1 Å². The fourth-order valence-corrected chi connectivity index (χ4v) is 2.20. The Kier molecular flexibility index (Phi) is 4.37. The number of carbonyl (C=O) groups is 1. The minimum Gasteiger partial charge on any atom is -0.493 e. The summed E-state index contributed by atoms with van der Waals surface area (Å²) in [6, 6.07) is 8.77. The van der Waals surface area contributed by atoms with E-state index in [0.717, 1.165) is 5.56 Å². The lowest BCUT2D eigenvalue weighted by Gasteiger charge is -2.13. The van der Waals surface area contributed by atoms with E-state index in [2.05, 4.69) is 4.99 Å². The zero-order valence-electron chi connectivity index (χ0n) is 13.6. The summed E-state index contributed by atoms with van der Waals surface area (Å²) in [5.74, 6) is 1.26. The van der Waals surface area contributed by atoms with Crippen LogP contribution >= 0.6 is 0 Å². The molecule has 0 saturated heterocycles. The van der Waals surface area contributed by atoms with Gasteiger partial charge in [0.05, 0.1) is 19.5 Å². The van der Waals surface area contributed by atoms with Gasteiger partial charge in [-0.3, -0.25) is 0 Å². The molecule has 0 N–H and O–H groups in total. The summed E-state index contributed by atoms with van der Waals surface area (Å²) in [4.78, 5) is 16.1. The average Bonchev–Trinajstić information content (AvgIpc) is 3.19. The summed E-state index contributed by atoms with van der Waals surface area (Å²) >= 11 is 0. The standard InChI is InChI=1S/C18H17NO5/c1-11(2)23-14-7-6-12(10-16(14)21-3)9-13-18(20)24-17(19-13)15-5-4-8-22-15/h4-11H,1-3H3. The van der Waals surface area contributed by atoms with Crippen molar-refractivity contribution in [1.29, 1.82) is 0 Å². The molecule has 0 amide bonds. The van der Waals surface area contributed by atoms with Crippen LogP contribution in [0, 0.1) is 0 Å². The first-order chi connectivity index (χ1) is 11.6. The molecule has 124 valence electrons. The van der Waals surface area contributed by atoms with Crippen LogP contribution in [0.25, 0.3) is 6.08 Å². The number of cyclic esters (lactones) is 1. The van der Waals surface area contributed by atoms with Crippen LogP contribution in [0.4, 0.5) is 0 Å². The van der Waals surface area contributed by atoms with E-state index in [1.807, 2.05) is 19.9 Å². The molecule has 0 unspecified atom stereocenters. The lowest BCUT2D eigenvalue weighted by atomic mass is 10.1. The fraction of sp³-hybridized carbons (Fsp3) is 0.222. The van der Waals surface area contributed by atoms with E-state index >= 15 is 0 Å². The van der Waals surface area contributed by atoms with E-state index in [0.29, 0.717) is 17.3 Å². The van der Waals surface area contributed by atoms with E-state index < -0.39 is 5.97 Å². The van der Waals surface area contributed by atoms with Crippen molar-refractivity contribution in [1.82, 2.24) is 0 Å². The molecule has 2 heterocycles. The monoisotopic (exact) mass is 327 g/mol. The van der Waals surface area contributed by atoms with Crippen LogP contribution in [0.3, 0.4) is 0 Å². The van der Waals surface area contributed by atoms with Gasteiger partial charge in [0.2, 0.25) is 0 Å². The number of methoxy groups -OCH3 is 1. The average molecular weight is 327 g/mol. The van der Waals surface area contributed by atoms with E-state index in [9.17, 15) is 4.79 Å². The second-order valence-corrected chi connectivity index (χ2v) is 5.39. The molecule has 6 heteroatoms. The van der Waals surface area contributed by atoms with Gasteiger partial charge in [-0.25, -0.2) is 9.79 Å². The number of furan rings is 1. The Balaban J connectivity index is 1.89. The lowest BCUT2D eigenvalue weighted by molar-refractivity contribution is -0.130. The van der Waals surface area contributed by atoms with E-state index in [4.69, 9.17) is 18.6 Å². The van der Waals surface area contributed by atoms with Crippen molar-refractivity contribution < 1.29 is 23.4 Å². The minimum absolute atomic E-state index is 0.0355. The molecule has 0 saturated carbocycles. The van der Waals surface area contributed by atoms with E-state index in [1.54, 1.807) is 37.5 Å². The Morgan fingerprint density at radius 2 is 2.04 bits per heavy atom. The van der Waals surface area contributed by atoms with Crippen molar-refractivity contribution in [2.75, 3.05) is 7.11 Å². The third kappa shape index (κ3) is 3.32. The molecule has 0 radical (unpaired) electrons. The molecule has 24 heavy (non-hydrogen) atoms. The van der Waals surface area contributed by atoms with Crippen LogP contribution in [-0.2, 0) is 9.53 Å². The Morgan fingerprint density at radius 1 is 1.21 bits per heavy atom. The number of carbonyl (C=O) groups excluding carboxylic acids is 1. The van der Waals surface area contributed by atoms with Crippen LogP contribution in [0.2, 0.25) is 0 Å². The third-order valence-electron chi connectivity index (χ3n) is 3.21. The van der Waals surface area contributed by atoms with Crippen molar-refractivity contribution >= 4 is 17.9 Å². The Labute approximate surface area is 139 Å². The first-order valence-electron chi connectivity index (χ1n) is 7.48. The molecule has 0 bridgehead atoms. The molecule has 1 aliphatic rings. The molecule has 2 aromatic rings. The highest BCUT2D eigenvalue weighted by atomic mass is 16.6. The number of rotatable bonds is 5. The zero-order chi connectivity index (χ0) is 17.1. The summed E-state index contributed by atoms with van der Waals surface area (Å²) in [6.45, 7) is 3.88. The Hall–Kier alpha value is -3.02. The number of hydrogen-bond acceptors (Lipinski definition) is 6. The quantitative estimate of drug-likeness (QED) is 0.621. The second kappa shape index (κ2) is 6.62. The topological polar surface area (TPSA) is 70.3 Å². The third-order valence-corrected chi connectivity index (χ3v) is 3.21. The highest BCUT2D eigenvalue weighted by molar-refractivity contribution is 6.11. The molecule has 0 atom stereocenters. The van der Waals surface area contributed by atoms with Gasteiger partial charge in [-0.15, -0.1) is 0 Å². The molecular formula is C18H17NO5. The van der Waals surface area contributed by atoms with Crippen LogP contribution in [0.1, 0.15) is 25.2 Å². The largest absolute Gasteiger partial charge is 0.493 e. The molecule has 0 aliphatic carbocycles. The van der Waals surface area contributed by atoms with Gasteiger partial charge in [0.25, 0.3) is 5.90 Å². The van der Waals surface area contributed by atoms with Crippen LogP contribution in [0.15, 0.2) is 51.7 Å². The van der Waals surface area contributed by atoms with Crippen molar-refractivity contribution in [3.8, 4) is 11.5 Å². The van der Waals surface area contributed by atoms with Crippen molar-refractivity contribution in [3.63, 3.8) is 0 Å². The zero-order valence-corrected chi connectivity index (χ0v) is 13.6. The predicted molar refractivity (Wildman–Crippen MR) is 88.1 cm³/mol. The SMILES string of the molecule is COc1cc(C=C2N=C(c3ccco3)OC2=O)ccc1OC(C)C. The summed E-state index contributed by atoms with van der Waals surface area (Å²) in [5.41, 5.74) is 0.945. The van der Waals surface area contributed by atoms with Gasteiger partial charge in [0.15, 0.2) is 23.0 Å². The van der Waals surface area contributed by atoms with Gasteiger partial charge in [0, 0.05) is 0 Å². The van der Waals surface area contributed by atoms with Crippen LogP contribution in [0.5, 0.6) is 11.5 Å². The van der Waals surface area contributed by atoms with Crippen molar-refractivity contribution in [2.45, 2.75) is 20.0 Å². The molecule has 1 aliphatic heterocycles. The maximum atomic E-state index is 11.9.